The zero-order valence-electron chi connectivity index (χ0n) is 17.2. The number of nitrogens with one attached hydrogen (secondary N) is 2. The number of hydrogen-bond donors (Lipinski definition) is 3. The van der Waals surface area contributed by atoms with E-state index in [1.807, 2.05) is 28.9 Å². The van der Waals surface area contributed by atoms with Crippen molar-refractivity contribution in [3.05, 3.63) is 59.7 Å². The fraction of sp³-hybridized carbons (Fsp3) is 0.261. The highest BCUT2D eigenvalue weighted by molar-refractivity contribution is 5.83. The molecule has 2 aliphatic carbocycles. The Morgan fingerprint density at radius 1 is 1.00 bits per heavy atom. The molecule has 9 heteroatoms. The van der Waals surface area contributed by atoms with Gasteiger partial charge in [0, 0.05) is 29.8 Å². The lowest BCUT2D eigenvalue weighted by molar-refractivity contribution is 0.0835. The minimum Gasteiger partial charge on any atom is -0.393 e. The van der Waals surface area contributed by atoms with Crippen molar-refractivity contribution in [1.82, 2.24) is 24.7 Å². The van der Waals surface area contributed by atoms with Gasteiger partial charge >= 0.3 is 0 Å². The van der Waals surface area contributed by atoms with Gasteiger partial charge in [-0.3, -0.25) is 0 Å². The number of benzene rings is 1. The van der Waals surface area contributed by atoms with E-state index in [0.29, 0.717) is 17.5 Å². The summed E-state index contributed by atoms with van der Waals surface area (Å²) in [4.78, 5) is 13.1. The highest BCUT2D eigenvalue weighted by atomic mass is 16.3. The van der Waals surface area contributed by atoms with Gasteiger partial charge < -0.3 is 15.7 Å². The molecule has 1 fully saturated rings. The fourth-order valence-electron chi connectivity index (χ4n) is 4.35. The van der Waals surface area contributed by atoms with Crippen LogP contribution < -0.4 is 10.6 Å². The minimum absolute atomic E-state index is 0.222. The van der Waals surface area contributed by atoms with E-state index in [9.17, 15) is 10.4 Å². The van der Waals surface area contributed by atoms with Gasteiger partial charge in [-0.1, -0.05) is 0 Å². The second-order valence-corrected chi connectivity index (χ2v) is 8.27. The van der Waals surface area contributed by atoms with E-state index in [2.05, 4.69) is 36.8 Å². The number of hydrogen-bond acceptors (Lipinski definition) is 8. The van der Waals surface area contributed by atoms with Gasteiger partial charge in [0.2, 0.25) is 0 Å². The number of aromatic nitrogens is 5. The van der Waals surface area contributed by atoms with Crippen molar-refractivity contribution in [1.29, 1.82) is 5.26 Å². The van der Waals surface area contributed by atoms with Crippen LogP contribution in [0.4, 0.5) is 17.5 Å². The van der Waals surface area contributed by atoms with Crippen LogP contribution in [0.5, 0.6) is 0 Å². The highest BCUT2D eigenvalue weighted by Gasteiger charge is 2.27. The molecule has 0 radical (unpaired) electrons. The van der Waals surface area contributed by atoms with Gasteiger partial charge in [0.1, 0.15) is 23.8 Å². The van der Waals surface area contributed by atoms with Crippen molar-refractivity contribution in [3.8, 4) is 11.8 Å². The highest BCUT2D eigenvalue weighted by Crippen LogP contribution is 2.33. The third-order valence-electron chi connectivity index (χ3n) is 6.22. The normalized spacial score (nSPS) is 18.9. The Morgan fingerprint density at radius 2 is 1.81 bits per heavy atom. The van der Waals surface area contributed by atoms with E-state index in [-0.39, 0.29) is 12.1 Å². The Balaban J connectivity index is 1.30. The molecule has 1 aromatic carbocycles. The lowest BCUT2D eigenvalue weighted by Crippen LogP contribution is -2.39. The topological polar surface area (TPSA) is 125 Å². The number of aliphatic hydroxyl groups is 1. The van der Waals surface area contributed by atoms with Crippen molar-refractivity contribution in [2.75, 3.05) is 10.6 Å². The molecule has 6 rings (SSSR count). The van der Waals surface area contributed by atoms with Gasteiger partial charge in [-0.15, -0.1) is 0 Å². The van der Waals surface area contributed by atoms with E-state index >= 15 is 0 Å². The average molecular weight is 424 g/mol. The summed E-state index contributed by atoms with van der Waals surface area (Å²) < 4.78 is 1.91. The standard InChI is InChI=1S/C23H20N8O/c24-9-13-1-4-19(18-3-2-17(13)18)31-20-7-21(25-10-14(20)11-28-31)30-23-8-22(26-12-27-23)29-15-5-16(32)6-15/h1,4,7-8,10-12,15-16,32H,2-3,5-6H2,(H2,25,26,27,29,30). The molecule has 1 saturated carbocycles. The van der Waals surface area contributed by atoms with Crippen LogP contribution in [0.2, 0.25) is 0 Å². The first kappa shape index (κ1) is 18.7. The lowest BCUT2D eigenvalue weighted by Gasteiger charge is -2.32. The Hall–Kier alpha value is -4.03. The zero-order valence-corrected chi connectivity index (χ0v) is 17.2. The number of fused-ring (bicyclic) bond motifs is 2. The van der Waals surface area contributed by atoms with Crippen molar-refractivity contribution in [2.45, 2.75) is 37.8 Å². The van der Waals surface area contributed by atoms with Gasteiger partial charge in [-0.05, 0) is 48.9 Å². The molecule has 0 atom stereocenters. The first-order chi connectivity index (χ1) is 15.7. The van der Waals surface area contributed by atoms with Crippen LogP contribution in [0.15, 0.2) is 43.0 Å². The minimum atomic E-state index is -0.222. The Bertz CT molecular complexity index is 1380. The van der Waals surface area contributed by atoms with Crippen LogP contribution in [-0.2, 0) is 12.8 Å². The second kappa shape index (κ2) is 7.28. The van der Waals surface area contributed by atoms with Gasteiger partial charge in [-0.25, -0.2) is 19.6 Å². The lowest BCUT2D eigenvalue weighted by atomic mass is 9.83. The molecule has 4 aromatic rings. The quantitative estimate of drug-likeness (QED) is 0.447. The molecule has 3 heterocycles. The molecule has 32 heavy (non-hydrogen) atoms. The summed E-state index contributed by atoms with van der Waals surface area (Å²) >= 11 is 0. The van der Waals surface area contributed by atoms with E-state index in [4.69, 9.17) is 0 Å². The van der Waals surface area contributed by atoms with Crippen LogP contribution in [0.25, 0.3) is 16.6 Å². The summed E-state index contributed by atoms with van der Waals surface area (Å²) in [6.07, 6.45) is 8.21. The molecule has 3 aromatic heterocycles. The first-order valence-corrected chi connectivity index (χ1v) is 10.6. The Kier molecular flexibility index (Phi) is 4.26. The summed E-state index contributed by atoms with van der Waals surface area (Å²) in [6, 6.07) is 10.1. The summed E-state index contributed by atoms with van der Waals surface area (Å²) in [7, 11) is 0. The van der Waals surface area contributed by atoms with Crippen LogP contribution in [0, 0.1) is 11.3 Å². The first-order valence-electron chi connectivity index (χ1n) is 10.6. The Labute approximate surface area is 183 Å². The van der Waals surface area contributed by atoms with Crippen LogP contribution in [0.3, 0.4) is 0 Å². The zero-order chi connectivity index (χ0) is 21.7. The summed E-state index contributed by atoms with van der Waals surface area (Å²) in [5.41, 5.74) is 5.00. The van der Waals surface area contributed by atoms with Gasteiger partial charge in [0.25, 0.3) is 0 Å². The van der Waals surface area contributed by atoms with Gasteiger partial charge in [-0.2, -0.15) is 10.4 Å². The molecule has 3 N–H and O–H groups in total. The number of aliphatic hydroxyl groups excluding tert-OH is 1. The summed E-state index contributed by atoms with van der Waals surface area (Å²) in [5, 5.41) is 30.9. The van der Waals surface area contributed by atoms with Crippen LogP contribution in [0.1, 0.15) is 29.5 Å². The molecular formula is C23H20N8O. The predicted octanol–water partition coefficient (Wildman–Crippen LogP) is 2.86. The number of nitrogens with zero attached hydrogens (tertiary/aromatic N) is 6. The number of rotatable bonds is 5. The van der Waals surface area contributed by atoms with Gasteiger partial charge in [0.15, 0.2) is 0 Å². The number of nitriles is 1. The molecular weight excluding hydrogens is 404 g/mol. The molecule has 2 aliphatic rings. The van der Waals surface area contributed by atoms with Crippen molar-refractivity contribution < 1.29 is 5.11 Å². The second-order valence-electron chi connectivity index (χ2n) is 8.27. The maximum atomic E-state index is 9.47. The van der Waals surface area contributed by atoms with E-state index < -0.39 is 0 Å². The van der Waals surface area contributed by atoms with E-state index in [1.165, 1.54) is 11.9 Å². The number of anilines is 3. The molecule has 0 bridgehead atoms. The molecule has 0 aliphatic heterocycles. The van der Waals surface area contributed by atoms with Crippen LogP contribution >= 0.6 is 0 Å². The van der Waals surface area contributed by atoms with Crippen molar-refractivity contribution >= 4 is 28.4 Å². The van der Waals surface area contributed by atoms with Crippen LogP contribution in [-0.4, -0.2) is 42.0 Å². The number of pyridine rings is 1. The SMILES string of the molecule is N#Cc1ccc(-n2ncc3cnc(Nc4cc(NC5CC(O)C5)ncn4)cc32)c2c1CC2. The molecule has 0 spiro atoms. The fourth-order valence-corrected chi connectivity index (χ4v) is 4.35. The monoisotopic (exact) mass is 424 g/mol. The summed E-state index contributed by atoms with van der Waals surface area (Å²) in [6.45, 7) is 0. The van der Waals surface area contributed by atoms with Crippen molar-refractivity contribution in [2.24, 2.45) is 0 Å². The molecule has 158 valence electrons. The van der Waals surface area contributed by atoms with Crippen molar-refractivity contribution in [3.63, 3.8) is 0 Å². The smallest absolute Gasteiger partial charge is 0.137 e. The van der Waals surface area contributed by atoms with Gasteiger partial charge in [0.05, 0.1) is 35.1 Å². The molecule has 0 amide bonds. The maximum Gasteiger partial charge on any atom is 0.137 e. The third kappa shape index (κ3) is 3.13. The van der Waals surface area contributed by atoms with E-state index in [0.717, 1.165) is 53.4 Å². The maximum absolute atomic E-state index is 9.47. The van der Waals surface area contributed by atoms with E-state index in [1.54, 1.807) is 12.4 Å². The molecule has 9 nitrogen and oxygen atoms in total. The average Bonchev–Trinajstić information content (AvgIpc) is 3.16. The third-order valence-corrected chi connectivity index (χ3v) is 6.22. The molecule has 0 saturated heterocycles. The summed E-state index contributed by atoms with van der Waals surface area (Å²) in [5.74, 6) is 1.99. The Morgan fingerprint density at radius 3 is 2.59 bits per heavy atom. The molecule has 0 unspecified atom stereocenters. The predicted molar refractivity (Wildman–Crippen MR) is 119 cm³/mol. The largest absolute Gasteiger partial charge is 0.393 e.